The molecule has 1 heterocycles. The van der Waals surface area contributed by atoms with Gasteiger partial charge in [-0.3, -0.25) is 14.9 Å². The summed E-state index contributed by atoms with van der Waals surface area (Å²) in [6.07, 6.45) is 1.34. The highest BCUT2D eigenvalue weighted by Gasteiger charge is 2.21. The third kappa shape index (κ3) is 5.84. The molecule has 0 bridgehead atoms. The van der Waals surface area contributed by atoms with E-state index >= 15 is 0 Å². The minimum atomic E-state index is -0.663. The van der Waals surface area contributed by atoms with E-state index in [2.05, 4.69) is 10.3 Å². The van der Waals surface area contributed by atoms with Crippen LogP contribution in [0.1, 0.15) is 34.6 Å². The highest BCUT2D eigenvalue weighted by Crippen LogP contribution is 2.28. The summed E-state index contributed by atoms with van der Waals surface area (Å²) in [7, 11) is 0. The maximum atomic E-state index is 14.7. The van der Waals surface area contributed by atoms with Gasteiger partial charge in [0.15, 0.2) is 5.82 Å². The monoisotopic (exact) mass is 522 g/mol. The lowest BCUT2D eigenvalue weighted by Crippen LogP contribution is -2.38. The van der Waals surface area contributed by atoms with E-state index in [9.17, 15) is 23.7 Å². The van der Waals surface area contributed by atoms with Crippen LogP contribution in [0.5, 0.6) is 0 Å². The number of nitrogens with two attached hydrogens (primary N) is 2. The predicted molar refractivity (Wildman–Crippen MR) is 141 cm³/mol. The number of hydrogen-bond donors (Lipinski definition) is 3. The van der Waals surface area contributed by atoms with Crippen molar-refractivity contribution in [2.75, 3.05) is 13.1 Å². The molecule has 198 valence electrons. The van der Waals surface area contributed by atoms with Crippen LogP contribution in [0.25, 0.3) is 22.2 Å². The fourth-order valence-corrected chi connectivity index (χ4v) is 4.16. The maximum absolute atomic E-state index is 14.7. The van der Waals surface area contributed by atoms with Crippen molar-refractivity contribution in [3.05, 3.63) is 93.3 Å². The Morgan fingerprint density at radius 3 is 2.55 bits per heavy atom. The molecule has 38 heavy (non-hydrogen) atoms. The number of carbonyl (C=O) groups excluding carboxylic acids is 1. The lowest BCUT2D eigenvalue weighted by molar-refractivity contribution is -0.385. The third-order valence-corrected chi connectivity index (χ3v) is 6.33. The Morgan fingerprint density at radius 1 is 1.11 bits per heavy atom. The minimum Gasteiger partial charge on any atom is -0.348 e. The quantitative estimate of drug-likeness (QED) is 0.212. The zero-order chi connectivity index (χ0) is 27.4. The van der Waals surface area contributed by atoms with Gasteiger partial charge < -0.3 is 21.4 Å². The molecule has 0 saturated heterocycles. The summed E-state index contributed by atoms with van der Waals surface area (Å²) in [5, 5.41) is 14.0. The number of rotatable bonds is 10. The van der Waals surface area contributed by atoms with Crippen molar-refractivity contribution in [2.45, 2.75) is 32.4 Å². The number of hydrogen-bond acceptors (Lipinski definition) is 6. The molecular weight excluding hydrogens is 494 g/mol. The highest BCUT2D eigenvalue weighted by molar-refractivity contribution is 5.95. The van der Waals surface area contributed by atoms with Crippen LogP contribution in [0.15, 0.2) is 54.6 Å². The van der Waals surface area contributed by atoms with Gasteiger partial charge in [-0.25, -0.2) is 13.8 Å². The Labute approximate surface area is 217 Å². The summed E-state index contributed by atoms with van der Waals surface area (Å²) in [6, 6.07) is 12.9. The lowest BCUT2D eigenvalue weighted by atomic mass is 10.0. The number of benzene rings is 3. The van der Waals surface area contributed by atoms with E-state index in [1.807, 2.05) is 0 Å². The van der Waals surface area contributed by atoms with Crippen molar-refractivity contribution in [3.8, 4) is 11.1 Å². The topological polar surface area (TPSA) is 142 Å². The fourth-order valence-electron chi connectivity index (χ4n) is 4.16. The van der Waals surface area contributed by atoms with Crippen molar-refractivity contribution < 1.29 is 18.5 Å². The largest absolute Gasteiger partial charge is 0.348 e. The van der Waals surface area contributed by atoms with E-state index in [0.29, 0.717) is 47.1 Å². The molecule has 3 aromatic carbocycles. The second-order valence-corrected chi connectivity index (χ2v) is 9.12. The van der Waals surface area contributed by atoms with E-state index in [0.717, 1.165) is 18.2 Å². The first kappa shape index (κ1) is 26.8. The van der Waals surface area contributed by atoms with Crippen LogP contribution in [-0.2, 0) is 6.54 Å². The molecule has 0 radical (unpaired) electrons. The number of imidazole rings is 1. The van der Waals surface area contributed by atoms with Gasteiger partial charge in [-0.2, -0.15) is 0 Å². The molecular formula is C27H28F2N6O3. The van der Waals surface area contributed by atoms with Gasteiger partial charge in [0, 0.05) is 30.3 Å². The molecule has 11 heteroatoms. The number of non-ortho nitro benzene ring substituents is 1. The normalized spacial score (nSPS) is 12.0. The summed E-state index contributed by atoms with van der Waals surface area (Å²) in [5.41, 5.74) is 14.0. The fraction of sp³-hybridized carbons (Fsp3) is 0.259. The van der Waals surface area contributed by atoms with Crippen molar-refractivity contribution in [3.63, 3.8) is 0 Å². The second kappa shape index (κ2) is 11.4. The molecule has 4 rings (SSSR count). The number of nitro benzene ring substituents is 1. The summed E-state index contributed by atoms with van der Waals surface area (Å²) < 4.78 is 30.5. The van der Waals surface area contributed by atoms with Crippen LogP contribution in [-0.4, -0.2) is 39.5 Å². The van der Waals surface area contributed by atoms with E-state index in [1.165, 1.54) is 10.6 Å². The van der Waals surface area contributed by atoms with Gasteiger partial charge in [0.2, 0.25) is 0 Å². The third-order valence-electron chi connectivity index (χ3n) is 6.33. The van der Waals surface area contributed by atoms with Gasteiger partial charge >= 0.3 is 0 Å². The molecule has 1 amide bonds. The number of nitro groups is 1. The van der Waals surface area contributed by atoms with Crippen molar-refractivity contribution in [1.82, 2.24) is 14.9 Å². The first-order chi connectivity index (χ1) is 18.2. The van der Waals surface area contributed by atoms with Crippen LogP contribution >= 0.6 is 0 Å². The molecule has 1 aromatic heterocycles. The van der Waals surface area contributed by atoms with Crippen LogP contribution in [0.2, 0.25) is 0 Å². The number of aromatic nitrogens is 2. The number of halogens is 2. The SMILES string of the molecule is Cc1ccc(-c2ccc3nc(C(=O)NC[C@@H](N)CCCN)n(Cc4cc([N+](=O)[O-])ccc4F)c3c2)cc1F. The zero-order valence-electron chi connectivity index (χ0n) is 20.8. The van der Waals surface area contributed by atoms with Crippen LogP contribution in [0, 0.1) is 28.7 Å². The van der Waals surface area contributed by atoms with E-state index in [-0.39, 0.29) is 42.0 Å². The van der Waals surface area contributed by atoms with Crippen molar-refractivity contribution >= 4 is 22.6 Å². The Morgan fingerprint density at radius 2 is 1.84 bits per heavy atom. The Balaban J connectivity index is 1.78. The van der Waals surface area contributed by atoms with E-state index in [4.69, 9.17) is 11.5 Å². The standard InChI is InChI=1S/C27H28F2N6O3/c1-16-4-5-17(12-23(16)29)18-6-9-24-25(13-18)34(15-19-11-21(35(37)38)7-8-22(19)28)26(33-24)27(36)32-14-20(31)3-2-10-30/h4-9,11-13,20H,2-3,10,14-15,30-31H2,1H3,(H,32,36)/t20-/m0/s1. The molecule has 0 aliphatic heterocycles. The highest BCUT2D eigenvalue weighted by atomic mass is 19.1. The summed E-state index contributed by atoms with van der Waals surface area (Å²) >= 11 is 0. The molecule has 1 atom stereocenters. The van der Waals surface area contributed by atoms with Gasteiger partial charge in [-0.05, 0) is 67.3 Å². The molecule has 4 aromatic rings. The van der Waals surface area contributed by atoms with Gasteiger partial charge in [-0.15, -0.1) is 0 Å². The van der Waals surface area contributed by atoms with Gasteiger partial charge in [0.05, 0.1) is 22.5 Å². The smallest absolute Gasteiger partial charge is 0.287 e. The molecule has 5 N–H and O–H groups in total. The number of amides is 1. The van der Waals surface area contributed by atoms with Gasteiger partial charge in [0.25, 0.3) is 11.6 Å². The molecule has 0 spiro atoms. The molecule has 0 aliphatic rings. The van der Waals surface area contributed by atoms with Crippen LogP contribution in [0.3, 0.4) is 0 Å². The van der Waals surface area contributed by atoms with Crippen LogP contribution in [0.4, 0.5) is 14.5 Å². The number of aryl methyl sites for hydroxylation is 1. The number of nitrogens with one attached hydrogen (secondary N) is 1. The Kier molecular flexibility index (Phi) is 8.08. The van der Waals surface area contributed by atoms with Crippen molar-refractivity contribution in [1.29, 1.82) is 0 Å². The van der Waals surface area contributed by atoms with Gasteiger partial charge in [-0.1, -0.05) is 18.2 Å². The minimum absolute atomic E-state index is 0.0100. The number of fused-ring (bicyclic) bond motifs is 1. The average Bonchev–Trinajstić information content (AvgIpc) is 3.26. The Bertz CT molecular complexity index is 1500. The summed E-state index contributed by atoms with van der Waals surface area (Å²) in [4.78, 5) is 28.3. The number of nitrogens with zero attached hydrogens (tertiary/aromatic N) is 3. The predicted octanol–water partition coefficient (Wildman–Crippen LogP) is 4.04. The summed E-state index contributed by atoms with van der Waals surface area (Å²) in [6.45, 7) is 2.13. The molecule has 0 unspecified atom stereocenters. The van der Waals surface area contributed by atoms with Gasteiger partial charge in [0.1, 0.15) is 11.6 Å². The van der Waals surface area contributed by atoms with Crippen molar-refractivity contribution in [2.24, 2.45) is 11.5 Å². The number of carbonyl (C=O) groups is 1. The molecule has 0 fully saturated rings. The van der Waals surface area contributed by atoms with Crippen LogP contribution < -0.4 is 16.8 Å². The zero-order valence-corrected chi connectivity index (χ0v) is 20.8. The molecule has 0 saturated carbocycles. The average molecular weight is 523 g/mol. The molecule has 9 nitrogen and oxygen atoms in total. The first-order valence-electron chi connectivity index (χ1n) is 12.1. The van der Waals surface area contributed by atoms with E-state index < -0.39 is 16.6 Å². The lowest BCUT2D eigenvalue weighted by Gasteiger charge is -2.14. The maximum Gasteiger partial charge on any atom is 0.287 e. The van der Waals surface area contributed by atoms with E-state index in [1.54, 1.807) is 37.3 Å². The first-order valence-corrected chi connectivity index (χ1v) is 12.1. The summed E-state index contributed by atoms with van der Waals surface area (Å²) in [5.74, 6) is -1.56. The second-order valence-electron chi connectivity index (χ2n) is 9.12. The molecule has 0 aliphatic carbocycles. The Hall–Kier alpha value is -4.22.